The van der Waals surface area contributed by atoms with Gasteiger partial charge in [0.15, 0.2) is 0 Å². The van der Waals surface area contributed by atoms with Crippen LogP contribution in [0.25, 0.3) is 6.08 Å². The van der Waals surface area contributed by atoms with E-state index in [0.717, 1.165) is 10.7 Å². The van der Waals surface area contributed by atoms with Crippen LogP contribution >= 0.6 is 11.3 Å². The van der Waals surface area contributed by atoms with Crippen LogP contribution in [0.1, 0.15) is 19.5 Å². The first-order valence-electron chi connectivity index (χ1n) is 3.85. The van der Waals surface area contributed by atoms with Gasteiger partial charge in [-0.15, -0.1) is 11.3 Å². The Hall–Kier alpha value is -0.960. The lowest BCUT2D eigenvalue weighted by Crippen LogP contribution is -2.07. The molecule has 1 aliphatic rings. The molecule has 0 aromatic carbocycles. The van der Waals surface area contributed by atoms with Crippen LogP contribution in [-0.4, -0.2) is 11.2 Å². The molecule has 0 saturated carbocycles. The summed E-state index contributed by atoms with van der Waals surface area (Å²) in [7, 11) is 0. The van der Waals surface area contributed by atoms with Crippen molar-refractivity contribution in [3.05, 3.63) is 17.3 Å². The maximum absolute atomic E-state index is 4.37. The Kier molecular flexibility index (Phi) is 1.61. The predicted octanol–water partition coefficient (Wildman–Crippen LogP) is 2.90. The quantitative estimate of drug-likeness (QED) is 0.599. The standard InChI is InChI=1S/C9H10N2S/c1-9(2)4-3-7-8(10-5-9)12-6-11-7/h3-6H,1-2H3. The summed E-state index contributed by atoms with van der Waals surface area (Å²) in [6, 6.07) is 0. The van der Waals surface area contributed by atoms with E-state index in [-0.39, 0.29) is 5.41 Å². The number of thiazole rings is 1. The van der Waals surface area contributed by atoms with Crippen molar-refractivity contribution < 1.29 is 0 Å². The van der Waals surface area contributed by atoms with Crippen LogP contribution in [0.5, 0.6) is 0 Å². The number of nitrogens with zero attached hydrogens (tertiary/aromatic N) is 2. The maximum atomic E-state index is 4.37. The lowest BCUT2D eigenvalue weighted by molar-refractivity contribution is 0.699. The number of hydrogen-bond donors (Lipinski definition) is 0. The zero-order valence-electron chi connectivity index (χ0n) is 7.11. The van der Waals surface area contributed by atoms with Crippen LogP contribution < -0.4 is 0 Å². The van der Waals surface area contributed by atoms with Gasteiger partial charge < -0.3 is 0 Å². The molecule has 2 heterocycles. The number of aromatic nitrogens is 1. The largest absolute Gasteiger partial charge is 0.247 e. The molecule has 1 aromatic rings. The van der Waals surface area contributed by atoms with Gasteiger partial charge in [-0.1, -0.05) is 19.9 Å². The van der Waals surface area contributed by atoms with Gasteiger partial charge in [-0.2, -0.15) is 0 Å². The van der Waals surface area contributed by atoms with Crippen LogP contribution in [0.15, 0.2) is 16.6 Å². The molecule has 0 spiro atoms. The molecule has 0 bridgehead atoms. The van der Waals surface area contributed by atoms with E-state index in [0.29, 0.717) is 0 Å². The van der Waals surface area contributed by atoms with Crippen LogP contribution in [0.3, 0.4) is 0 Å². The van der Waals surface area contributed by atoms with Crippen LogP contribution in [0.2, 0.25) is 0 Å². The Morgan fingerprint density at radius 2 is 2.25 bits per heavy atom. The van der Waals surface area contributed by atoms with Crippen LogP contribution in [-0.2, 0) is 0 Å². The van der Waals surface area contributed by atoms with Crippen LogP contribution in [0.4, 0.5) is 5.00 Å². The molecule has 1 aromatic heterocycles. The number of fused-ring (bicyclic) bond motifs is 1. The molecule has 0 amide bonds. The highest BCUT2D eigenvalue weighted by atomic mass is 32.1. The van der Waals surface area contributed by atoms with E-state index < -0.39 is 0 Å². The lowest BCUT2D eigenvalue weighted by Gasteiger charge is -2.10. The van der Waals surface area contributed by atoms with Gasteiger partial charge in [-0.25, -0.2) is 9.98 Å². The fourth-order valence-electron chi connectivity index (χ4n) is 1.02. The average Bonchev–Trinajstić information content (AvgIpc) is 2.40. The first kappa shape index (κ1) is 7.68. The van der Waals surface area contributed by atoms with Crippen molar-refractivity contribution in [1.29, 1.82) is 0 Å². The van der Waals surface area contributed by atoms with Crippen molar-refractivity contribution in [2.75, 3.05) is 0 Å². The minimum Gasteiger partial charge on any atom is -0.247 e. The fraction of sp³-hybridized carbons (Fsp3) is 0.333. The Bertz CT molecular complexity index is 317. The molecule has 12 heavy (non-hydrogen) atoms. The van der Waals surface area contributed by atoms with Gasteiger partial charge in [0.1, 0.15) is 5.00 Å². The van der Waals surface area contributed by atoms with Crippen molar-refractivity contribution in [1.82, 2.24) is 4.98 Å². The minimum absolute atomic E-state index is 0.0560. The van der Waals surface area contributed by atoms with Crippen molar-refractivity contribution in [2.45, 2.75) is 13.8 Å². The zero-order chi connectivity index (χ0) is 8.60. The van der Waals surface area contributed by atoms with Gasteiger partial charge in [0.2, 0.25) is 0 Å². The molecular formula is C9H10N2S. The summed E-state index contributed by atoms with van der Waals surface area (Å²) >= 11 is 1.58. The predicted molar refractivity (Wildman–Crippen MR) is 53.1 cm³/mol. The first-order valence-corrected chi connectivity index (χ1v) is 4.73. The molecule has 0 atom stereocenters. The number of aliphatic imine (C=N–C) groups is 1. The molecule has 0 N–H and O–H groups in total. The molecule has 2 rings (SSSR count). The SMILES string of the molecule is CC1(C)C=Cc2ncsc2N=C1. The Balaban J connectivity index is 2.49. The summed E-state index contributed by atoms with van der Waals surface area (Å²) in [4.78, 5) is 8.57. The Labute approximate surface area is 75.7 Å². The highest BCUT2D eigenvalue weighted by molar-refractivity contribution is 7.13. The molecule has 62 valence electrons. The first-order chi connectivity index (χ1) is 5.67. The number of allylic oxidation sites excluding steroid dienone is 1. The molecule has 0 unspecified atom stereocenters. The minimum atomic E-state index is 0.0560. The number of rotatable bonds is 0. The van der Waals surface area contributed by atoms with Crippen LogP contribution in [0, 0.1) is 5.41 Å². The maximum Gasteiger partial charge on any atom is 0.142 e. The zero-order valence-corrected chi connectivity index (χ0v) is 7.93. The summed E-state index contributed by atoms with van der Waals surface area (Å²) < 4.78 is 0. The van der Waals surface area contributed by atoms with E-state index in [2.05, 4.69) is 29.9 Å². The second-order valence-corrected chi connectivity index (χ2v) is 4.29. The molecule has 3 heteroatoms. The molecular weight excluding hydrogens is 168 g/mol. The van der Waals surface area contributed by atoms with Gasteiger partial charge >= 0.3 is 0 Å². The summed E-state index contributed by atoms with van der Waals surface area (Å²) in [5.41, 5.74) is 2.87. The van der Waals surface area contributed by atoms with Crippen molar-refractivity contribution >= 4 is 28.6 Å². The van der Waals surface area contributed by atoms with Gasteiger partial charge in [-0.05, 0) is 6.08 Å². The van der Waals surface area contributed by atoms with E-state index in [9.17, 15) is 0 Å². The van der Waals surface area contributed by atoms with Crippen molar-refractivity contribution in [3.8, 4) is 0 Å². The van der Waals surface area contributed by atoms with E-state index in [4.69, 9.17) is 0 Å². The van der Waals surface area contributed by atoms with Crippen molar-refractivity contribution in [2.24, 2.45) is 10.4 Å². The lowest BCUT2D eigenvalue weighted by atomic mass is 9.95. The Morgan fingerprint density at radius 3 is 3.08 bits per heavy atom. The van der Waals surface area contributed by atoms with Crippen molar-refractivity contribution in [3.63, 3.8) is 0 Å². The molecule has 0 fully saturated rings. The third-order valence-electron chi connectivity index (χ3n) is 1.76. The smallest absolute Gasteiger partial charge is 0.142 e. The third kappa shape index (κ3) is 1.32. The summed E-state index contributed by atoms with van der Waals surface area (Å²) in [6.07, 6.45) is 6.13. The molecule has 1 aliphatic heterocycles. The van der Waals surface area contributed by atoms with Gasteiger partial charge in [0, 0.05) is 11.6 Å². The molecule has 0 saturated heterocycles. The van der Waals surface area contributed by atoms with Gasteiger partial charge in [-0.3, -0.25) is 0 Å². The Morgan fingerprint density at radius 1 is 1.42 bits per heavy atom. The molecule has 2 nitrogen and oxygen atoms in total. The molecule has 0 radical (unpaired) electrons. The third-order valence-corrected chi connectivity index (χ3v) is 2.51. The normalized spacial score (nSPS) is 18.8. The van der Waals surface area contributed by atoms with Gasteiger partial charge in [0.25, 0.3) is 0 Å². The van der Waals surface area contributed by atoms with E-state index in [1.807, 2.05) is 17.8 Å². The summed E-state index contributed by atoms with van der Waals surface area (Å²) in [5, 5.41) is 1.01. The fourth-order valence-corrected chi connectivity index (χ4v) is 1.64. The molecule has 0 aliphatic carbocycles. The average molecular weight is 178 g/mol. The van der Waals surface area contributed by atoms with E-state index in [1.54, 1.807) is 11.3 Å². The second kappa shape index (κ2) is 2.52. The highest BCUT2D eigenvalue weighted by Gasteiger charge is 2.14. The summed E-state index contributed by atoms with van der Waals surface area (Å²) in [5.74, 6) is 0. The monoisotopic (exact) mass is 178 g/mol. The second-order valence-electron chi connectivity index (χ2n) is 3.46. The summed E-state index contributed by atoms with van der Waals surface area (Å²) in [6.45, 7) is 4.26. The van der Waals surface area contributed by atoms with E-state index >= 15 is 0 Å². The number of hydrogen-bond acceptors (Lipinski definition) is 3. The van der Waals surface area contributed by atoms with Gasteiger partial charge in [0.05, 0.1) is 11.2 Å². The topological polar surface area (TPSA) is 25.2 Å². The van der Waals surface area contributed by atoms with E-state index in [1.165, 1.54) is 0 Å². The highest BCUT2D eigenvalue weighted by Crippen LogP contribution is 2.30.